The predicted octanol–water partition coefficient (Wildman–Crippen LogP) is 3.10. The second kappa shape index (κ2) is 9.73. The number of methoxy groups -OCH3 is 2. The zero-order valence-electron chi connectivity index (χ0n) is 13.7. The number of para-hydroxylation sites is 1. The number of hydrogen-bond acceptors (Lipinski definition) is 7. The molecule has 0 unspecified atom stereocenters. The van der Waals surface area contributed by atoms with E-state index >= 15 is 0 Å². The maximum absolute atomic E-state index is 10.6. The van der Waals surface area contributed by atoms with Gasteiger partial charge in [0.15, 0.2) is 6.29 Å². The van der Waals surface area contributed by atoms with E-state index in [2.05, 4.69) is 9.97 Å². The second-order valence-corrected chi connectivity index (χ2v) is 5.10. The minimum atomic E-state index is -0.605. The van der Waals surface area contributed by atoms with Crippen LogP contribution in [0.2, 0.25) is 5.15 Å². The van der Waals surface area contributed by atoms with Crippen molar-refractivity contribution >= 4 is 23.6 Å². The molecule has 2 rings (SSSR count). The molecule has 132 valence electrons. The molecule has 8 heteroatoms. The molecule has 0 N–H and O–H groups in total. The number of carbonyl (C=O) groups excluding carboxylic acids is 1. The third-order valence-corrected chi connectivity index (χ3v) is 3.37. The number of benzene rings is 1. The summed E-state index contributed by atoms with van der Waals surface area (Å²) >= 11 is 5.85. The summed E-state index contributed by atoms with van der Waals surface area (Å²) in [4.78, 5) is 18.4. The lowest BCUT2D eigenvalue weighted by Gasteiger charge is -2.15. The Hall–Kier alpha value is -2.48. The Morgan fingerprint density at radius 1 is 1.24 bits per heavy atom. The van der Waals surface area contributed by atoms with Gasteiger partial charge in [-0.05, 0) is 12.1 Å². The summed E-state index contributed by atoms with van der Waals surface area (Å²) in [5.74, 6) is 0.794. The topological polar surface area (TPSA) is 79.8 Å². The summed E-state index contributed by atoms with van der Waals surface area (Å²) in [7, 11) is 3.02. The van der Waals surface area contributed by atoms with Crippen LogP contribution in [0.25, 0.3) is 5.57 Å². The van der Waals surface area contributed by atoms with Crippen LogP contribution in [0.4, 0.5) is 0 Å². The van der Waals surface area contributed by atoms with Crippen molar-refractivity contribution in [3.63, 3.8) is 0 Å². The third-order valence-electron chi connectivity index (χ3n) is 3.16. The lowest BCUT2D eigenvalue weighted by atomic mass is 10.0. The lowest BCUT2D eigenvalue weighted by Crippen LogP contribution is -2.11. The predicted molar refractivity (Wildman–Crippen MR) is 91.4 cm³/mol. The number of carbonyl (C=O) groups is 1. The van der Waals surface area contributed by atoms with Crippen molar-refractivity contribution in [2.75, 3.05) is 20.8 Å². The zero-order chi connectivity index (χ0) is 18.1. The third kappa shape index (κ3) is 5.53. The Balaban J connectivity index is 2.38. The summed E-state index contributed by atoms with van der Waals surface area (Å²) in [5, 5.41) is 0.265. The molecule has 0 atom stereocenters. The van der Waals surface area contributed by atoms with Crippen molar-refractivity contribution < 1.29 is 23.7 Å². The van der Waals surface area contributed by atoms with Crippen LogP contribution in [0.5, 0.6) is 11.6 Å². The van der Waals surface area contributed by atoms with Gasteiger partial charge in [-0.3, -0.25) is 4.79 Å². The number of rotatable bonds is 9. The van der Waals surface area contributed by atoms with Crippen LogP contribution in [0.1, 0.15) is 5.56 Å². The normalized spacial score (nSPS) is 11.4. The molecule has 7 nitrogen and oxygen atoms in total. The molecule has 25 heavy (non-hydrogen) atoms. The highest BCUT2D eigenvalue weighted by Gasteiger charge is 2.14. The van der Waals surface area contributed by atoms with Gasteiger partial charge in [0.2, 0.25) is 5.88 Å². The van der Waals surface area contributed by atoms with Gasteiger partial charge in [0.1, 0.15) is 23.8 Å². The Morgan fingerprint density at radius 2 is 2.00 bits per heavy atom. The van der Waals surface area contributed by atoms with Gasteiger partial charge >= 0.3 is 0 Å². The average Bonchev–Trinajstić information content (AvgIpc) is 2.63. The largest absolute Gasteiger partial charge is 0.463 e. The first kappa shape index (κ1) is 18.9. The second-order valence-electron chi connectivity index (χ2n) is 4.72. The summed E-state index contributed by atoms with van der Waals surface area (Å²) in [6.07, 6.45) is 2.39. The first-order valence-corrected chi connectivity index (χ1v) is 7.62. The van der Waals surface area contributed by atoms with Crippen LogP contribution >= 0.6 is 11.6 Å². The minimum absolute atomic E-state index is 0.0254. The van der Waals surface area contributed by atoms with E-state index in [1.165, 1.54) is 26.6 Å². The van der Waals surface area contributed by atoms with E-state index in [0.717, 1.165) is 0 Å². The molecular weight excluding hydrogens is 348 g/mol. The molecule has 0 saturated heterocycles. The van der Waals surface area contributed by atoms with Crippen LogP contribution in [0, 0.1) is 0 Å². The molecule has 0 radical (unpaired) electrons. The van der Waals surface area contributed by atoms with E-state index in [-0.39, 0.29) is 17.6 Å². The summed E-state index contributed by atoms with van der Waals surface area (Å²) < 4.78 is 21.1. The van der Waals surface area contributed by atoms with Gasteiger partial charge in [-0.2, -0.15) is 0 Å². The molecule has 0 saturated carbocycles. The van der Waals surface area contributed by atoms with Crippen molar-refractivity contribution in [3.8, 4) is 11.6 Å². The SMILES string of the molecule is COC(/C=C(/COC=O)c1ccccc1Oc1cc(Cl)ncn1)OC. The Kier molecular flexibility index (Phi) is 7.34. The van der Waals surface area contributed by atoms with Gasteiger partial charge in [0.25, 0.3) is 6.47 Å². The quantitative estimate of drug-likeness (QED) is 0.384. The van der Waals surface area contributed by atoms with E-state index < -0.39 is 6.29 Å². The molecule has 0 spiro atoms. The maximum Gasteiger partial charge on any atom is 0.293 e. The van der Waals surface area contributed by atoms with E-state index in [1.807, 2.05) is 18.2 Å². The van der Waals surface area contributed by atoms with Gasteiger partial charge in [-0.25, -0.2) is 9.97 Å². The molecule has 0 amide bonds. The fraction of sp³-hybridized carbons (Fsp3) is 0.235. The molecule has 0 aliphatic rings. The fourth-order valence-electron chi connectivity index (χ4n) is 2.04. The number of halogens is 1. The maximum atomic E-state index is 10.6. The lowest BCUT2D eigenvalue weighted by molar-refractivity contribution is -0.127. The Labute approximate surface area is 150 Å². The number of hydrogen-bond donors (Lipinski definition) is 0. The highest BCUT2D eigenvalue weighted by atomic mass is 35.5. The highest BCUT2D eigenvalue weighted by molar-refractivity contribution is 6.29. The first-order chi connectivity index (χ1) is 12.2. The van der Waals surface area contributed by atoms with E-state index in [4.69, 9.17) is 30.5 Å². The van der Waals surface area contributed by atoms with E-state index in [1.54, 1.807) is 12.1 Å². The smallest absolute Gasteiger partial charge is 0.293 e. The van der Waals surface area contributed by atoms with E-state index in [0.29, 0.717) is 23.4 Å². The van der Waals surface area contributed by atoms with Crippen molar-refractivity contribution in [3.05, 3.63) is 53.5 Å². The van der Waals surface area contributed by atoms with Gasteiger partial charge in [-0.1, -0.05) is 29.8 Å². The van der Waals surface area contributed by atoms with Crippen molar-refractivity contribution in [1.29, 1.82) is 0 Å². The molecule has 1 aromatic carbocycles. The Bertz CT molecular complexity index is 734. The van der Waals surface area contributed by atoms with E-state index in [9.17, 15) is 4.79 Å². The minimum Gasteiger partial charge on any atom is -0.463 e. The van der Waals surface area contributed by atoms with Crippen LogP contribution < -0.4 is 4.74 Å². The van der Waals surface area contributed by atoms with Crippen molar-refractivity contribution in [2.24, 2.45) is 0 Å². The molecular formula is C17H17ClN2O5. The van der Waals surface area contributed by atoms with Crippen LogP contribution in [0.3, 0.4) is 0 Å². The molecule has 0 aliphatic carbocycles. The monoisotopic (exact) mass is 364 g/mol. The molecule has 0 aliphatic heterocycles. The standard InChI is InChI=1S/C17H17ClN2O5/c1-22-17(23-2)7-12(9-24-11-21)13-5-3-4-6-14(13)25-16-8-15(18)19-10-20-16/h3-8,10-11,17H,9H2,1-2H3/b12-7-. The van der Waals surface area contributed by atoms with Gasteiger partial charge in [0.05, 0.1) is 0 Å². The number of ether oxygens (including phenoxy) is 4. The van der Waals surface area contributed by atoms with Gasteiger partial charge in [-0.15, -0.1) is 0 Å². The summed E-state index contributed by atoms with van der Waals surface area (Å²) in [5.41, 5.74) is 1.34. The van der Waals surface area contributed by atoms with Crippen LogP contribution in [-0.2, 0) is 19.0 Å². The van der Waals surface area contributed by atoms with Crippen molar-refractivity contribution in [1.82, 2.24) is 9.97 Å². The molecule has 1 aromatic heterocycles. The van der Waals surface area contributed by atoms with Gasteiger partial charge < -0.3 is 18.9 Å². The molecule has 1 heterocycles. The molecule has 0 fully saturated rings. The van der Waals surface area contributed by atoms with Crippen LogP contribution in [0.15, 0.2) is 42.7 Å². The van der Waals surface area contributed by atoms with Crippen molar-refractivity contribution in [2.45, 2.75) is 6.29 Å². The highest BCUT2D eigenvalue weighted by Crippen LogP contribution is 2.30. The van der Waals surface area contributed by atoms with Gasteiger partial charge in [0, 0.05) is 31.4 Å². The van der Waals surface area contributed by atoms with Crippen LogP contribution in [-0.4, -0.2) is 43.6 Å². The number of aromatic nitrogens is 2. The molecule has 0 bridgehead atoms. The first-order valence-electron chi connectivity index (χ1n) is 7.24. The molecule has 2 aromatic rings. The zero-order valence-corrected chi connectivity index (χ0v) is 14.5. The number of nitrogens with zero attached hydrogens (tertiary/aromatic N) is 2. The average molecular weight is 365 g/mol. The Morgan fingerprint density at radius 3 is 2.68 bits per heavy atom. The fourth-order valence-corrected chi connectivity index (χ4v) is 2.18. The summed E-state index contributed by atoms with van der Waals surface area (Å²) in [6.45, 7) is 0.397. The summed E-state index contributed by atoms with van der Waals surface area (Å²) in [6, 6.07) is 8.72.